The van der Waals surface area contributed by atoms with Crippen molar-refractivity contribution in [1.82, 2.24) is 0 Å². The van der Waals surface area contributed by atoms with Crippen molar-refractivity contribution in [3.63, 3.8) is 0 Å². The maximum atomic E-state index is 12.6. The van der Waals surface area contributed by atoms with Crippen molar-refractivity contribution in [2.75, 3.05) is 23.4 Å². The van der Waals surface area contributed by atoms with Crippen LogP contribution in [0.1, 0.15) is 31.7 Å². The van der Waals surface area contributed by atoms with Crippen LogP contribution in [-0.2, 0) is 9.59 Å². The summed E-state index contributed by atoms with van der Waals surface area (Å²) in [7, 11) is 0. The Bertz CT molecular complexity index is 784. The highest BCUT2D eigenvalue weighted by atomic mass is 16.5. The number of ether oxygens (including phenoxy) is 1. The van der Waals surface area contributed by atoms with Crippen LogP contribution in [0.4, 0.5) is 11.4 Å². The minimum absolute atomic E-state index is 0.0151. The maximum Gasteiger partial charge on any atom is 0.229 e. The van der Waals surface area contributed by atoms with Crippen LogP contribution in [0.5, 0.6) is 5.75 Å². The molecule has 0 aliphatic carbocycles. The van der Waals surface area contributed by atoms with E-state index in [9.17, 15) is 9.59 Å². The number of nitrogens with one attached hydrogen (secondary N) is 1. The van der Waals surface area contributed by atoms with E-state index in [4.69, 9.17) is 4.74 Å². The summed E-state index contributed by atoms with van der Waals surface area (Å²) in [6, 6.07) is 15.1. The molecule has 1 N–H and O–H groups in total. The lowest BCUT2D eigenvalue weighted by Crippen LogP contribution is -2.28. The highest BCUT2D eigenvalue weighted by Crippen LogP contribution is 2.26. The summed E-state index contributed by atoms with van der Waals surface area (Å²) in [5, 5.41) is 2.91. The van der Waals surface area contributed by atoms with E-state index in [0.717, 1.165) is 29.8 Å². The maximum absolute atomic E-state index is 12.6. The highest BCUT2D eigenvalue weighted by molar-refractivity contribution is 6.03. The predicted octanol–water partition coefficient (Wildman–Crippen LogP) is 4.17. The molecule has 0 bridgehead atoms. The predicted molar refractivity (Wildman–Crippen MR) is 107 cm³/mol. The summed E-state index contributed by atoms with van der Waals surface area (Å²) >= 11 is 0. The van der Waals surface area contributed by atoms with Gasteiger partial charge >= 0.3 is 0 Å². The molecule has 0 spiro atoms. The van der Waals surface area contributed by atoms with Crippen LogP contribution in [0.25, 0.3) is 0 Å². The second-order valence-corrected chi connectivity index (χ2v) is 6.96. The number of amides is 2. The third kappa shape index (κ3) is 4.88. The monoisotopic (exact) mass is 366 g/mol. The van der Waals surface area contributed by atoms with Gasteiger partial charge in [-0.2, -0.15) is 0 Å². The molecule has 2 amide bonds. The van der Waals surface area contributed by atoms with Crippen LogP contribution < -0.4 is 15.0 Å². The number of nitrogens with zero attached hydrogens (tertiary/aromatic N) is 1. The Morgan fingerprint density at radius 3 is 2.52 bits per heavy atom. The summed E-state index contributed by atoms with van der Waals surface area (Å²) in [5.41, 5.74) is 2.69. The second-order valence-electron chi connectivity index (χ2n) is 6.96. The van der Waals surface area contributed by atoms with Gasteiger partial charge in [-0.15, -0.1) is 0 Å². The fraction of sp³-hybridized carbons (Fsp3) is 0.364. The van der Waals surface area contributed by atoms with Crippen molar-refractivity contribution >= 4 is 23.2 Å². The van der Waals surface area contributed by atoms with Crippen LogP contribution in [0.15, 0.2) is 48.5 Å². The van der Waals surface area contributed by atoms with E-state index in [1.54, 1.807) is 4.90 Å². The van der Waals surface area contributed by atoms with Gasteiger partial charge in [0.05, 0.1) is 12.5 Å². The molecule has 1 fully saturated rings. The molecule has 142 valence electrons. The first-order valence-corrected chi connectivity index (χ1v) is 9.47. The number of carbonyl (C=O) groups is 2. The minimum Gasteiger partial charge on any atom is -0.494 e. The van der Waals surface area contributed by atoms with Gasteiger partial charge in [0.2, 0.25) is 11.8 Å². The Morgan fingerprint density at radius 2 is 1.85 bits per heavy atom. The van der Waals surface area contributed by atoms with E-state index in [1.165, 1.54) is 0 Å². The molecule has 27 heavy (non-hydrogen) atoms. The Kier molecular flexibility index (Phi) is 6.12. The van der Waals surface area contributed by atoms with Gasteiger partial charge in [0, 0.05) is 24.3 Å². The third-order valence-corrected chi connectivity index (χ3v) is 4.73. The van der Waals surface area contributed by atoms with E-state index < -0.39 is 0 Å². The van der Waals surface area contributed by atoms with Gasteiger partial charge in [-0.1, -0.05) is 31.0 Å². The lowest BCUT2D eigenvalue weighted by molar-refractivity contribution is -0.122. The summed E-state index contributed by atoms with van der Waals surface area (Å²) < 4.78 is 5.63. The molecule has 1 atom stereocenters. The zero-order chi connectivity index (χ0) is 19.2. The van der Waals surface area contributed by atoms with E-state index in [0.29, 0.717) is 18.8 Å². The number of carbonyl (C=O) groups excluding carboxylic acids is 2. The Hall–Kier alpha value is -2.82. The SMILES string of the molecule is CCCCOc1ccc(NC(=O)C2CC(=O)N(c3ccc(C)cc3)C2)cc1. The molecule has 1 aliphatic rings. The smallest absolute Gasteiger partial charge is 0.229 e. The lowest BCUT2D eigenvalue weighted by atomic mass is 10.1. The van der Waals surface area contributed by atoms with Crippen molar-refractivity contribution in [1.29, 1.82) is 0 Å². The molecular formula is C22H26N2O3. The van der Waals surface area contributed by atoms with Crippen molar-refractivity contribution in [2.45, 2.75) is 33.1 Å². The van der Waals surface area contributed by atoms with Crippen LogP contribution in [-0.4, -0.2) is 25.0 Å². The van der Waals surface area contributed by atoms with Crippen molar-refractivity contribution in [3.8, 4) is 5.75 Å². The number of aryl methyl sites for hydroxylation is 1. The average molecular weight is 366 g/mol. The molecule has 1 heterocycles. The van der Waals surface area contributed by atoms with E-state index in [2.05, 4.69) is 12.2 Å². The molecule has 5 heteroatoms. The molecule has 2 aromatic rings. The average Bonchev–Trinajstić information content (AvgIpc) is 3.06. The molecule has 1 aliphatic heterocycles. The van der Waals surface area contributed by atoms with Gasteiger partial charge in [0.25, 0.3) is 0 Å². The number of hydrogen-bond acceptors (Lipinski definition) is 3. The quantitative estimate of drug-likeness (QED) is 0.749. The van der Waals surface area contributed by atoms with Gasteiger partial charge in [0.15, 0.2) is 0 Å². The molecular weight excluding hydrogens is 340 g/mol. The van der Waals surface area contributed by atoms with Gasteiger partial charge in [-0.3, -0.25) is 9.59 Å². The van der Waals surface area contributed by atoms with E-state index in [1.807, 2.05) is 55.5 Å². The molecule has 0 radical (unpaired) electrons. The molecule has 1 unspecified atom stereocenters. The van der Waals surface area contributed by atoms with Crippen molar-refractivity contribution in [2.24, 2.45) is 5.92 Å². The van der Waals surface area contributed by atoms with Crippen LogP contribution in [0.2, 0.25) is 0 Å². The third-order valence-electron chi connectivity index (χ3n) is 4.73. The van der Waals surface area contributed by atoms with Crippen LogP contribution in [0, 0.1) is 12.8 Å². The van der Waals surface area contributed by atoms with E-state index in [-0.39, 0.29) is 24.2 Å². The summed E-state index contributed by atoms with van der Waals surface area (Å²) in [4.78, 5) is 26.6. The number of unbranched alkanes of at least 4 members (excludes halogenated alkanes) is 1. The summed E-state index contributed by atoms with van der Waals surface area (Å²) in [6.45, 7) is 5.23. The first-order valence-electron chi connectivity index (χ1n) is 9.47. The van der Waals surface area contributed by atoms with Crippen LogP contribution >= 0.6 is 0 Å². The van der Waals surface area contributed by atoms with Crippen molar-refractivity contribution in [3.05, 3.63) is 54.1 Å². The fourth-order valence-corrected chi connectivity index (χ4v) is 3.07. The van der Waals surface area contributed by atoms with Crippen molar-refractivity contribution < 1.29 is 14.3 Å². The molecule has 1 saturated heterocycles. The molecule has 0 aromatic heterocycles. The second kappa shape index (κ2) is 8.71. The Morgan fingerprint density at radius 1 is 1.15 bits per heavy atom. The van der Waals surface area contributed by atoms with Gasteiger partial charge in [-0.25, -0.2) is 0 Å². The van der Waals surface area contributed by atoms with Gasteiger partial charge in [-0.05, 0) is 49.7 Å². The highest BCUT2D eigenvalue weighted by Gasteiger charge is 2.35. The molecule has 0 saturated carbocycles. The standard InChI is InChI=1S/C22H26N2O3/c1-3-4-13-27-20-11-7-18(8-12-20)23-22(26)17-14-21(25)24(15-17)19-9-5-16(2)6-10-19/h5-12,17H,3-4,13-15H2,1-2H3,(H,23,26). The normalized spacial score (nSPS) is 16.4. The molecule has 5 nitrogen and oxygen atoms in total. The van der Waals surface area contributed by atoms with Crippen LogP contribution in [0.3, 0.4) is 0 Å². The van der Waals surface area contributed by atoms with Gasteiger partial charge < -0.3 is 15.0 Å². The number of hydrogen-bond donors (Lipinski definition) is 1. The van der Waals surface area contributed by atoms with Gasteiger partial charge in [0.1, 0.15) is 5.75 Å². The first-order chi connectivity index (χ1) is 13.1. The molecule has 2 aromatic carbocycles. The number of rotatable bonds is 7. The van der Waals surface area contributed by atoms with E-state index >= 15 is 0 Å². The lowest BCUT2D eigenvalue weighted by Gasteiger charge is -2.17. The first kappa shape index (κ1) is 19.0. The zero-order valence-corrected chi connectivity index (χ0v) is 15.9. The topological polar surface area (TPSA) is 58.6 Å². The minimum atomic E-state index is -0.348. The number of anilines is 2. The molecule has 3 rings (SSSR count). The fourth-order valence-electron chi connectivity index (χ4n) is 3.07. The Labute approximate surface area is 160 Å². The zero-order valence-electron chi connectivity index (χ0n) is 15.9. The largest absolute Gasteiger partial charge is 0.494 e. The summed E-state index contributed by atoms with van der Waals surface area (Å²) in [5.74, 6) is 0.304. The number of benzene rings is 2. The Balaban J connectivity index is 1.57. The summed E-state index contributed by atoms with van der Waals surface area (Å²) in [6.07, 6.45) is 2.34.